The predicted molar refractivity (Wildman–Crippen MR) is 91.3 cm³/mol. The molecule has 6 heteroatoms. The van der Waals surface area contributed by atoms with Gasteiger partial charge in [0, 0.05) is 24.5 Å². The van der Waals surface area contributed by atoms with E-state index in [0.717, 1.165) is 11.3 Å². The lowest BCUT2D eigenvalue weighted by Gasteiger charge is -2.19. The Hall–Kier alpha value is -3.28. The van der Waals surface area contributed by atoms with Gasteiger partial charge in [0.05, 0.1) is 6.04 Å². The number of urea groups is 1. The molecule has 24 heavy (non-hydrogen) atoms. The summed E-state index contributed by atoms with van der Waals surface area (Å²) in [7, 11) is 0. The van der Waals surface area contributed by atoms with Gasteiger partial charge in [-0.15, -0.1) is 5.10 Å². The van der Waals surface area contributed by atoms with Crippen molar-refractivity contribution in [2.75, 3.05) is 5.32 Å². The fraction of sp³-hybridized carbons (Fsp3) is 0.111. The maximum absolute atomic E-state index is 12.3. The van der Waals surface area contributed by atoms with E-state index in [0.29, 0.717) is 12.2 Å². The summed E-state index contributed by atoms with van der Waals surface area (Å²) >= 11 is 0. The van der Waals surface area contributed by atoms with E-state index in [4.69, 9.17) is 0 Å². The molecule has 0 aliphatic heterocycles. The smallest absolute Gasteiger partial charge is 0.320 e. The van der Waals surface area contributed by atoms with Crippen LogP contribution >= 0.6 is 0 Å². The first-order chi connectivity index (χ1) is 11.8. The van der Waals surface area contributed by atoms with Gasteiger partial charge in [-0.3, -0.25) is 10.3 Å². The van der Waals surface area contributed by atoms with Crippen molar-refractivity contribution in [1.29, 1.82) is 0 Å². The molecule has 2 heterocycles. The molecule has 3 rings (SSSR count). The highest BCUT2D eigenvalue weighted by atomic mass is 16.2. The lowest BCUT2D eigenvalue weighted by molar-refractivity contribution is 0.248. The monoisotopic (exact) mass is 319 g/mol. The van der Waals surface area contributed by atoms with E-state index in [1.807, 2.05) is 48.5 Å². The third kappa shape index (κ3) is 4.36. The zero-order valence-corrected chi connectivity index (χ0v) is 13.0. The highest BCUT2D eigenvalue weighted by Gasteiger charge is 2.16. The first-order valence-corrected chi connectivity index (χ1v) is 7.61. The fourth-order valence-electron chi connectivity index (χ4n) is 2.34. The number of nitrogens with zero attached hydrogens (tertiary/aromatic N) is 3. The van der Waals surface area contributed by atoms with Crippen molar-refractivity contribution in [3.8, 4) is 0 Å². The second-order valence-electron chi connectivity index (χ2n) is 5.20. The number of anilines is 1. The molecule has 2 amide bonds. The van der Waals surface area contributed by atoms with Crippen molar-refractivity contribution >= 4 is 11.8 Å². The molecule has 0 saturated carbocycles. The van der Waals surface area contributed by atoms with Crippen LogP contribution in [0.5, 0.6) is 0 Å². The zero-order valence-electron chi connectivity index (χ0n) is 13.0. The molecule has 6 nitrogen and oxygen atoms in total. The molecule has 1 atom stereocenters. The Labute approximate surface area is 140 Å². The predicted octanol–water partition coefficient (Wildman–Crippen LogP) is 2.98. The summed E-state index contributed by atoms with van der Waals surface area (Å²) in [5.41, 5.74) is 1.92. The van der Waals surface area contributed by atoms with Gasteiger partial charge in [0.25, 0.3) is 0 Å². The molecule has 2 N–H and O–H groups in total. The van der Waals surface area contributed by atoms with E-state index >= 15 is 0 Å². The Bertz CT molecular complexity index is 765. The van der Waals surface area contributed by atoms with Crippen molar-refractivity contribution in [2.45, 2.75) is 12.5 Å². The molecule has 0 radical (unpaired) electrons. The van der Waals surface area contributed by atoms with Crippen molar-refractivity contribution in [3.63, 3.8) is 0 Å². The van der Waals surface area contributed by atoms with Crippen LogP contribution in [0.2, 0.25) is 0 Å². The zero-order chi connectivity index (χ0) is 16.6. The number of aromatic nitrogens is 3. The van der Waals surface area contributed by atoms with E-state index < -0.39 is 0 Å². The first-order valence-electron chi connectivity index (χ1n) is 7.61. The molecule has 1 aromatic carbocycles. The minimum Gasteiger partial charge on any atom is -0.331 e. The van der Waals surface area contributed by atoms with Crippen LogP contribution in [0.1, 0.15) is 17.3 Å². The Morgan fingerprint density at radius 1 is 0.958 bits per heavy atom. The minimum absolute atomic E-state index is 0.197. The Morgan fingerprint density at radius 2 is 1.79 bits per heavy atom. The van der Waals surface area contributed by atoms with Crippen LogP contribution in [-0.2, 0) is 6.42 Å². The average molecular weight is 319 g/mol. The number of amides is 2. The van der Waals surface area contributed by atoms with E-state index in [1.54, 1.807) is 24.5 Å². The molecule has 1 unspecified atom stereocenters. The summed E-state index contributed by atoms with van der Waals surface area (Å²) in [5.74, 6) is 0.402. The van der Waals surface area contributed by atoms with E-state index in [9.17, 15) is 4.79 Å². The number of carbonyl (C=O) groups excluding carboxylic acids is 1. The number of hydrogen-bond acceptors (Lipinski definition) is 4. The molecule has 0 saturated heterocycles. The number of benzene rings is 1. The van der Waals surface area contributed by atoms with Crippen molar-refractivity contribution in [1.82, 2.24) is 20.5 Å². The SMILES string of the molecule is O=C(Nc1cccnn1)NC(Cc1ccccn1)c1ccccc1. The van der Waals surface area contributed by atoms with Gasteiger partial charge in [-0.25, -0.2) is 4.79 Å². The summed E-state index contributed by atoms with van der Waals surface area (Å²) in [6.45, 7) is 0. The molecule has 0 bridgehead atoms. The van der Waals surface area contributed by atoms with E-state index in [2.05, 4.69) is 25.8 Å². The van der Waals surface area contributed by atoms with Crippen LogP contribution in [0.4, 0.5) is 10.6 Å². The molecule has 0 fully saturated rings. The van der Waals surface area contributed by atoms with Crippen LogP contribution in [0.3, 0.4) is 0 Å². The van der Waals surface area contributed by atoms with Crippen LogP contribution in [0.25, 0.3) is 0 Å². The van der Waals surface area contributed by atoms with Gasteiger partial charge in [0.1, 0.15) is 0 Å². The number of hydrogen-bond donors (Lipinski definition) is 2. The van der Waals surface area contributed by atoms with Crippen molar-refractivity contribution < 1.29 is 4.79 Å². The fourth-order valence-corrected chi connectivity index (χ4v) is 2.34. The Kier molecular flexibility index (Phi) is 5.09. The second-order valence-corrected chi connectivity index (χ2v) is 5.20. The third-order valence-corrected chi connectivity index (χ3v) is 3.46. The standard InChI is InChI=1S/C18H17N5O/c24-18(22-17-10-6-12-20-23-17)21-16(14-7-2-1-3-8-14)13-15-9-4-5-11-19-15/h1-12,16H,13H2,(H2,21,22,23,24). The normalized spacial score (nSPS) is 11.5. The maximum atomic E-state index is 12.3. The van der Waals surface area contributed by atoms with Gasteiger partial charge in [-0.2, -0.15) is 5.10 Å². The summed E-state index contributed by atoms with van der Waals surface area (Å²) in [5, 5.41) is 13.2. The Morgan fingerprint density at radius 3 is 2.50 bits per heavy atom. The number of rotatable bonds is 5. The highest BCUT2D eigenvalue weighted by Crippen LogP contribution is 2.17. The molecular formula is C18H17N5O. The van der Waals surface area contributed by atoms with Gasteiger partial charge in [0.15, 0.2) is 5.82 Å². The molecule has 0 spiro atoms. The number of pyridine rings is 1. The summed E-state index contributed by atoms with van der Waals surface area (Å²) in [6, 6.07) is 18.4. The number of carbonyl (C=O) groups is 1. The summed E-state index contributed by atoms with van der Waals surface area (Å²) in [4.78, 5) is 16.6. The van der Waals surface area contributed by atoms with Gasteiger partial charge in [-0.1, -0.05) is 36.4 Å². The average Bonchev–Trinajstić information content (AvgIpc) is 2.63. The van der Waals surface area contributed by atoms with Crippen molar-refractivity contribution in [2.24, 2.45) is 0 Å². The topological polar surface area (TPSA) is 79.8 Å². The second kappa shape index (κ2) is 7.82. The van der Waals surface area contributed by atoms with Gasteiger partial charge >= 0.3 is 6.03 Å². The van der Waals surface area contributed by atoms with E-state index in [-0.39, 0.29) is 12.1 Å². The molecule has 0 aliphatic carbocycles. The molecule has 3 aromatic rings. The molecule has 2 aromatic heterocycles. The van der Waals surface area contributed by atoms with Crippen LogP contribution in [-0.4, -0.2) is 21.2 Å². The molecule has 0 aliphatic rings. The van der Waals surface area contributed by atoms with Gasteiger partial charge in [0.2, 0.25) is 0 Å². The van der Waals surface area contributed by atoms with Gasteiger partial charge in [-0.05, 0) is 29.8 Å². The largest absolute Gasteiger partial charge is 0.331 e. The summed E-state index contributed by atoms with van der Waals surface area (Å²) in [6.07, 6.45) is 3.90. The minimum atomic E-state index is -0.333. The third-order valence-electron chi connectivity index (χ3n) is 3.46. The van der Waals surface area contributed by atoms with Crippen molar-refractivity contribution in [3.05, 3.63) is 84.3 Å². The Balaban J connectivity index is 1.73. The molecule has 120 valence electrons. The number of nitrogens with one attached hydrogen (secondary N) is 2. The van der Waals surface area contributed by atoms with E-state index in [1.165, 1.54) is 0 Å². The summed E-state index contributed by atoms with van der Waals surface area (Å²) < 4.78 is 0. The maximum Gasteiger partial charge on any atom is 0.320 e. The lowest BCUT2D eigenvalue weighted by Crippen LogP contribution is -2.34. The highest BCUT2D eigenvalue weighted by molar-refractivity contribution is 5.88. The van der Waals surface area contributed by atoms with Gasteiger partial charge < -0.3 is 5.32 Å². The first kappa shape index (κ1) is 15.6. The lowest BCUT2D eigenvalue weighted by atomic mass is 10.0. The van der Waals surface area contributed by atoms with Crippen LogP contribution in [0, 0.1) is 0 Å². The molecular weight excluding hydrogens is 302 g/mol. The van der Waals surface area contributed by atoms with Crippen LogP contribution < -0.4 is 10.6 Å². The quantitative estimate of drug-likeness (QED) is 0.757. The van der Waals surface area contributed by atoms with Crippen LogP contribution in [0.15, 0.2) is 73.1 Å².